The zero-order valence-corrected chi connectivity index (χ0v) is 18.1. The van der Waals surface area contributed by atoms with Crippen LogP contribution < -0.4 is 0 Å². The molecule has 156 valence electrons. The van der Waals surface area contributed by atoms with Crippen molar-refractivity contribution in [2.45, 2.75) is 110 Å². The fourth-order valence-electron chi connectivity index (χ4n) is 2.85. The lowest BCUT2D eigenvalue weighted by Gasteiger charge is -2.05. The van der Waals surface area contributed by atoms with Gasteiger partial charge < -0.3 is 4.74 Å². The van der Waals surface area contributed by atoms with Crippen molar-refractivity contribution in [3.63, 3.8) is 0 Å². The molecule has 0 amide bonds. The molecule has 0 aliphatic carbocycles. The summed E-state index contributed by atoms with van der Waals surface area (Å²) in [6, 6.07) is 0. The Hall–Kier alpha value is -1.31. The molecular formula is C25H44O2. The summed E-state index contributed by atoms with van der Waals surface area (Å²) in [7, 11) is 0. The Kier molecular flexibility index (Phi) is 21.6. The van der Waals surface area contributed by atoms with Gasteiger partial charge in [0, 0.05) is 6.42 Å². The van der Waals surface area contributed by atoms with Gasteiger partial charge in [0.25, 0.3) is 0 Å². The molecule has 0 radical (unpaired) electrons. The third-order valence-corrected chi connectivity index (χ3v) is 4.54. The van der Waals surface area contributed by atoms with Gasteiger partial charge in [-0.3, -0.25) is 4.79 Å². The van der Waals surface area contributed by atoms with E-state index in [4.69, 9.17) is 4.74 Å². The van der Waals surface area contributed by atoms with Crippen molar-refractivity contribution < 1.29 is 9.53 Å². The molecule has 0 rings (SSSR count). The number of ether oxygens (including phenoxy) is 1. The Labute approximate surface area is 169 Å². The molecule has 0 spiro atoms. The smallest absolute Gasteiger partial charge is 0.305 e. The topological polar surface area (TPSA) is 26.3 Å². The Morgan fingerprint density at radius 1 is 0.667 bits per heavy atom. The summed E-state index contributed by atoms with van der Waals surface area (Å²) >= 11 is 0. The standard InChI is InChI=1S/C25H44O2/c1-3-5-7-9-10-11-12-13-14-15-16-17-18-19-21-23-25(26)27-24-22-20-8-6-4-2/h5,7,10-11,13-14H,3-4,6,8-9,12,15-24H2,1-2H3/b7-5+,11-10+,14-13+. The van der Waals surface area contributed by atoms with Crippen molar-refractivity contribution in [3.05, 3.63) is 36.5 Å². The normalized spacial score (nSPS) is 11.9. The zero-order chi connectivity index (χ0) is 19.8. The van der Waals surface area contributed by atoms with E-state index in [9.17, 15) is 4.79 Å². The molecule has 0 heterocycles. The number of rotatable bonds is 19. The van der Waals surface area contributed by atoms with E-state index >= 15 is 0 Å². The molecule has 0 saturated carbocycles. The monoisotopic (exact) mass is 376 g/mol. The van der Waals surface area contributed by atoms with Gasteiger partial charge >= 0.3 is 5.97 Å². The fourth-order valence-corrected chi connectivity index (χ4v) is 2.85. The van der Waals surface area contributed by atoms with Crippen LogP contribution in [-0.2, 0) is 9.53 Å². The maximum Gasteiger partial charge on any atom is 0.305 e. The second-order valence-electron chi connectivity index (χ2n) is 7.23. The number of carbonyl (C=O) groups is 1. The number of unbranched alkanes of at least 4 members (excludes halogenated alkanes) is 9. The summed E-state index contributed by atoms with van der Waals surface area (Å²) in [6.45, 7) is 4.98. The van der Waals surface area contributed by atoms with E-state index in [0.29, 0.717) is 13.0 Å². The molecular weight excluding hydrogens is 332 g/mol. The molecule has 2 heteroatoms. The first-order valence-electron chi connectivity index (χ1n) is 11.4. The van der Waals surface area contributed by atoms with Crippen molar-refractivity contribution in [1.29, 1.82) is 0 Å². The molecule has 0 N–H and O–H groups in total. The first-order chi connectivity index (χ1) is 13.3. The van der Waals surface area contributed by atoms with Crippen molar-refractivity contribution in [2.24, 2.45) is 0 Å². The third-order valence-electron chi connectivity index (χ3n) is 4.54. The van der Waals surface area contributed by atoms with Crippen LogP contribution in [0, 0.1) is 0 Å². The van der Waals surface area contributed by atoms with E-state index < -0.39 is 0 Å². The second kappa shape index (κ2) is 22.7. The van der Waals surface area contributed by atoms with Crippen LogP contribution in [0.3, 0.4) is 0 Å². The van der Waals surface area contributed by atoms with Gasteiger partial charge in [0.15, 0.2) is 0 Å². The highest BCUT2D eigenvalue weighted by Crippen LogP contribution is 2.09. The van der Waals surface area contributed by atoms with Crippen LogP contribution in [0.25, 0.3) is 0 Å². The molecule has 0 bridgehead atoms. The average molecular weight is 377 g/mol. The molecule has 27 heavy (non-hydrogen) atoms. The van der Waals surface area contributed by atoms with Gasteiger partial charge in [0.1, 0.15) is 0 Å². The molecule has 0 saturated heterocycles. The predicted octanol–water partition coefficient (Wildman–Crippen LogP) is 8.09. The highest BCUT2D eigenvalue weighted by Gasteiger charge is 2.02. The fraction of sp³-hybridized carbons (Fsp3) is 0.720. The van der Waals surface area contributed by atoms with E-state index in [1.807, 2.05) is 0 Å². The van der Waals surface area contributed by atoms with Crippen LogP contribution in [0.2, 0.25) is 0 Å². The molecule has 2 nitrogen and oxygen atoms in total. The van der Waals surface area contributed by atoms with Crippen LogP contribution in [0.4, 0.5) is 0 Å². The van der Waals surface area contributed by atoms with Crippen LogP contribution in [0.1, 0.15) is 110 Å². The second-order valence-corrected chi connectivity index (χ2v) is 7.23. The summed E-state index contributed by atoms with van der Waals surface area (Å²) in [5, 5.41) is 0. The third kappa shape index (κ3) is 22.6. The Morgan fingerprint density at radius 2 is 1.26 bits per heavy atom. The number of carbonyl (C=O) groups excluding carboxylic acids is 1. The molecule has 0 aromatic heterocycles. The molecule has 0 unspecified atom stereocenters. The Bertz CT molecular complexity index is 393. The van der Waals surface area contributed by atoms with Crippen molar-refractivity contribution in [3.8, 4) is 0 Å². The highest BCUT2D eigenvalue weighted by atomic mass is 16.5. The van der Waals surface area contributed by atoms with Crippen molar-refractivity contribution in [2.75, 3.05) is 6.61 Å². The summed E-state index contributed by atoms with van der Waals surface area (Å²) < 4.78 is 5.28. The van der Waals surface area contributed by atoms with Crippen molar-refractivity contribution >= 4 is 5.97 Å². The van der Waals surface area contributed by atoms with Crippen LogP contribution in [0.5, 0.6) is 0 Å². The minimum Gasteiger partial charge on any atom is -0.466 e. The maximum atomic E-state index is 11.6. The number of allylic oxidation sites excluding steroid dienone is 6. The van der Waals surface area contributed by atoms with E-state index in [1.54, 1.807) is 0 Å². The summed E-state index contributed by atoms with van der Waals surface area (Å²) in [6.07, 6.45) is 30.3. The minimum absolute atomic E-state index is 0.00772. The largest absolute Gasteiger partial charge is 0.466 e. The first-order valence-corrected chi connectivity index (χ1v) is 11.4. The quantitative estimate of drug-likeness (QED) is 0.129. The van der Waals surface area contributed by atoms with Gasteiger partial charge in [-0.15, -0.1) is 0 Å². The number of hydrogen-bond acceptors (Lipinski definition) is 2. The van der Waals surface area contributed by atoms with Crippen molar-refractivity contribution in [1.82, 2.24) is 0 Å². The molecule has 0 fully saturated rings. The van der Waals surface area contributed by atoms with Crippen LogP contribution >= 0.6 is 0 Å². The van der Waals surface area contributed by atoms with E-state index in [-0.39, 0.29) is 5.97 Å². The number of hydrogen-bond donors (Lipinski definition) is 0. The maximum absolute atomic E-state index is 11.6. The molecule has 0 aliphatic rings. The highest BCUT2D eigenvalue weighted by molar-refractivity contribution is 5.69. The Balaban J connectivity index is 3.28. The number of esters is 1. The lowest BCUT2D eigenvalue weighted by atomic mass is 10.1. The van der Waals surface area contributed by atoms with Crippen LogP contribution in [-0.4, -0.2) is 12.6 Å². The zero-order valence-electron chi connectivity index (χ0n) is 18.1. The predicted molar refractivity (Wildman–Crippen MR) is 119 cm³/mol. The van der Waals surface area contributed by atoms with E-state index in [0.717, 1.165) is 38.5 Å². The summed E-state index contributed by atoms with van der Waals surface area (Å²) in [4.78, 5) is 11.6. The van der Waals surface area contributed by atoms with Gasteiger partial charge in [-0.2, -0.15) is 0 Å². The SMILES string of the molecule is CC/C=C/C/C=C/C/C=C/CCCCCCCC(=O)OCCCCCCC. The molecule has 0 aromatic rings. The van der Waals surface area contributed by atoms with Crippen LogP contribution in [0.15, 0.2) is 36.5 Å². The van der Waals surface area contributed by atoms with Gasteiger partial charge in [-0.25, -0.2) is 0 Å². The average Bonchev–Trinajstić information content (AvgIpc) is 2.67. The molecule has 0 aromatic carbocycles. The summed E-state index contributed by atoms with van der Waals surface area (Å²) in [5.74, 6) is -0.00772. The Morgan fingerprint density at radius 3 is 2.00 bits per heavy atom. The molecule has 0 atom stereocenters. The minimum atomic E-state index is -0.00772. The van der Waals surface area contributed by atoms with Gasteiger partial charge in [-0.1, -0.05) is 95.2 Å². The lowest BCUT2D eigenvalue weighted by Crippen LogP contribution is -2.05. The van der Waals surface area contributed by atoms with Gasteiger partial charge in [0.05, 0.1) is 6.61 Å². The lowest BCUT2D eigenvalue weighted by molar-refractivity contribution is -0.143. The summed E-state index contributed by atoms with van der Waals surface area (Å²) in [5.41, 5.74) is 0. The van der Waals surface area contributed by atoms with Gasteiger partial charge in [-0.05, 0) is 44.9 Å². The molecule has 0 aliphatic heterocycles. The van der Waals surface area contributed by atoms with E-state index in [2.05, 4.69) is 50.3 Å². The van der Waals surface area contributed by atoms with Gasteiger partial charge in [0.2, 0.25) is 0 Å². The van der Waals surface area contributed by atoms with E-state index in [1.165, 1.54) is 51.4 Å². The first kappa shape index (κ1) is 25.7.